The van der Waals surface area contributed by atoms with E-state index in [4.69, 9.17) is 9.47 Å². The van der Waals surface area contributed by atoms with Crippen LogP contribution in [0.25, 0.3) is 0 Å². The number of fused-ring (bicyclic) bond motifs is 3. The summed E-state index contributed by atoms with van der Waals surface area (Å²) < 4.78 is 28.6. The SMILES string of the molecule is COC1CN([C@@H]2COc3c([S@+]([O-])NC(=O)Nc4c5c(cc6c4CCC6)CCC5)cnn3C2)C1. The van der Waals surface area contributed by atoms with Gasteiger partial charge in [0, 0.05) is 25.9 Å². The molecule has 1 saturated heterocycles. The molecule has 2 atom stereocenters. The minimum atomic E-state index is -1.76. The molecule has 176 valence electrons. The highest BCUT2D eigenvalue weighted by molar-refractivity contribution is 7.90. The minimum Gasteiger partial charge on any atom is -0.588 e. The second-order valence-electron chi connectivity index (χ2n) is 9.33. The van der Waals surface area contributed by atoms with E-state index in [0.29, 0.717) is 23.9 Å². The Kier molecular flexibility index (Phi) is 5.48. The van der Waals surface area contributed by atoms with Gasteiger partial charge in [-0.05, 0) is 60.8 Å². The first-order valence-electron chi connectivity index (χ1n) is 11.7. The average molecular weight is 472 g/mol. The Morgan fingerprint density at radius 3 is 2.61 bits per heavy atom. The number of urea groups is 1. The number of aryl methyl sites for hydroxylation is 2. The van der Waals surface area contributed by atoms with E-state index in [-0.39, 0.29) is 12.1 Å². The van der Waals surface area contributed by atoms with Crippen LogP contribution in [0.3, 0.4) is 0 Å². The molecule has 1 fully saturated rings. The maximum Gasteiger partial charge on any atom is 0.361 e. The van der Waals surface area contributed by atoms with Crippen LogP contribution in [0.5, 0.6) is 5.88 Å². The van der Waals surface area contributed by atoms with Crippen LogP contribution in [0.15, 0.2) is 17.2 Å². The number of benzene rings is 1. The van der Waals surface area contributed by atoms with Gasteiger partial charge in [-0.25, -0.2) is 9.48 Å². The van der Waals surface area contributed by atoms with Crippen molar-refractivity contribution in [3.8, 4) is 5.88 Å². The van der Waals surface area contributed by atoms with Crippen LogP contribution in [0, 0.1) is 0 Å². The van der Waals surface area contributed by atoms with Crippen molar-refractivity contribution in [3.63, 3.8) is 0 Å². The molecule has 6 rings (SSSR count). The van der Waals surface area contributed by atoms with Crippen molar-refractivity contribution >= 4 is 23.1 Å². The lowest BCUT2D eigenvalue weighted by Crippen LogP contribution is -2.59. The van der Waals surface area contributed by atoms with E-state index >= 15 is 0 Å². The van der Waals surface area contributed by atoms with E-state index < -0.39 is 17.4 Å². The zero-order chi connectivity index (χ0) is 22.5. The number of hydrogen-bond acceptors (Lipinski definition) is 6. The number of nitrogens with zero attached hydrogens (tertiary/aromatic N) is 3. The number of amides is 2. The van der Waals surface area contributed by atoms with E-state index in [2.05, 4.69) is 26.1 Å². The van der Waals surface area contributed by atoms with Gasteiger partial charge in [0.15, 0.2) is 0 Å². The second-order valence-corrected chi connectivity index (χ2v) is 10.5. The van der Waals surface area contributed by atoms with E-state index in [9.17, 15) is 9.35 Å². The lowest BCUT2D eigenvalue weighted by Gasteiger charge is -2.44. The van der Waals surface area contributed by atoms with Gasteiger partial charge in [-0.3, -0.25) is 4.90 Å². The molecule has 2 aliphatic heterocycles. The molecule has 0 bridgehead atoms. The topological polar surface area (TPSA) is 104 Å². The number of likely N-dealkylation sites (tertiary alicyclic amines) is 1. The molecule has 3 heterocycles. The van der Waals surface area contributed by atoms with Crippen LogP contribution >= 0.6 is 0 Å². The fraction of sp³-hybridized carbons (Fsp3) is 0.565. The Bertz CT molecular complexity index is 1050. The lowest BCUT2D eigenvalue weighted by atomic mass is 9.99. The summed E-state index contributed by atoms with van der Waals surface area (Å²) >= 11 is -1.76. The molecule has 0 radical (unpaired) electrons. The Morgan fingerprint density at radius 2 is 1.91 bits per heavy atom. The molecule has 1 aromatic heterocycles. The summed E-state index contributed by atoms with van der Waals surface area (Å²) in [6, 6.07) is 2.08. The van der Waals surface area contributed by atoms with E-state index in [1.165, 1.54) is 28.5 Å². The van der Waals surface area contributed by atoms with Gasteiger partial charge >= 0.3 is 6.03 Å². The minimum absolute atomic E-state index is 0.212. The molecule has 2 N–H and O–H groups in total. The Labute approximate surface area is 196 Å². The third kappa shape index (κ3) is 3.78. The normalized spacial score (nSPS) is 22.7. The molecule has 0 unspecified atom stereocenters. The Hall–Kier alpha value is -2.27. The first kappa shape index (κ1) is 21.3. The first-order chi connectivity index (χ1) is 16.1. The van der Waals surface area contributed by atoms with Crippen molar-refractivity contribution < 1.29 is 18.8 Å². The van der Waals surface area contributed by atoms with Crippen LogP contribution < -0.4 is 14.8 Å². The molecule has 1 aromatic carbocycles. The summed E-state index contributed by atoms with van der Waals surface area (Å²) in [4.78, 5) is 15.5. The van der Waals surface area contributed by atoms with Gasteiger partial charge < -0.3 is 19.3 Å². The predicted molar refractivity (Wildman–Crippen MR) is 123 cm³/mol. The number of nitrogens with one attached hydrogen (secondary N) is 2. The monoisotopic (exact) mass is 471 g/mol. The van der Waals surface area contributed by atoms with Crippen molar-refractivity contribution in [2.24, 2.45) is 0 Å². The third-order valence-electron chi connectivity index (χ3n) is 7.38. The predicted octanol–water partition coefficient (Wildman–Crippen LogP) is 1.80. The number of anilines is 1. The number of rotatable bonds is 5. The maximum atomic E-state index is 13.0. The summed E-state index contributed by atoms with van der Waals surface area (Å²) in [7, 11) is 1.73. The summed E-state index contributed by atoms with van der Waals surface area (Å²) in [5.41, 5.74) is 6.12. The molecule has 2 amide bonds. The van der Waals surface area contributed by atoms with Crippen molar-refractivity contribution in [2.45, 2.75) is 62.1 Å². The first-order valence-corrected chi connectivity index (χ1v) is 12.9. The number of hydrogen-bond donors (Lipinski definition) is 2. The fourth-order valence-electron chi connectivity index (χ4n) is 5.57. The molecule has 0 saturated carbocycles. The zero-order valence-corrected chi connectivity index (χ0v) is 19.6. The highest BCUT2D eigenvalue weighted by atomic mass is 32.2. The average Bonchev–Trinajstić information content (AvgIpc) is 3.51. The molecule has 10 heteroatoms. The van der Waals surface area contributed by atoms with Gasteiger partial charge in [0.05, 0.1) is 18.7 Å². The fourth-order valence-corrected chi connectivity index (χ4v) is 6.37. The van der Waals surface area contributed by atoms with Crippen LogP contribution in [0.1, 0.15) is 35.1 Å². The standard InChI is InChI=1S/C23H29N5O4S/c1-31-17-11-27(12-17)16-10-28-22(32-13-16)20(9-24-28)33(30)26-23(29)25-21-18-6-2-4-14(18)8-15-5-3-7-19(15)21/h8-9,16-17H,2-7,10-13H2,1H3,(H2,25,26,29)/t16-,33-/m0/s1. The van der Waals surface area contributed by atoms with Crippen molar-refractivity contribution in [3.05, 3.63) is 34.5 Å². The molecular formula is C23H29N5O4S. The molecule has 2 aliphatic carbocycles. The van der Waals surface area contributed by atoms with Gasteiger partial charge in [-0.15, -0.1) is 4.72 Å². The zero-order valence-electron chi connectivity index (χ0n) is 18.8. The largest absolute Gasteiger partial charge is 0.588 e. The maximum absolute atomic E-state index is 13.0. The van der Waals surface area contributed by atoms with Crippen molar-refractivity contribution in [1.82, 2.24) is 19.4 Å². The smallest absolute Gasteiger partial charge is 0.361 e. The number of carbonyl (C=O) groups excluding carboxylic acids is 1. The van der Waals surface area contributed by atoms with Gasteiger partial charge in [-0.1, -0.05) is 6.07 Å². The third-order valence-corrected chi connectivity index (χ3v) is 8.43. The molecule has 2 aromatic rings. The Morgan fingerprint density at radius 1 is 1.18 bits per heavy atom. The highest BCUT2D eigenvalue weighted by Gasteiger charge is 2.38. The number of carbonyl (C=O) groups is 1. The van der Waals surface area contributed by atoms with Crippen LogP contribution in [-0.2, 0) is 48.3 Å². The second kappa shape index (κ2) is 8.50. The summed E-state index contributed by atoms with van der Waals surface area (Å²) in [5, 5.41) is 7.40. The highest BCUT2D eigenvalue weighted by Crippen LogP contribution is 2.38. The van der Waals surface area contributed by atoms with E-state index in [1.54, 1.807) is 11.8 Å². The van der Waals surface area contributed by atoms with Crippen LogP contribution in [0.4, 0.5) is 10.5 Å². The molecule has 9 nitrogen and oxygen atoms in total. The van der Waals surface area contributed by atoms with Gasteiger partial charge in [0.25, 0.3) is 10.8 Å². The number of ether oxygens (including phenoxy) is 2. The van der Waals surface area contributed by atoms with Gasteiger partial charge in [0.2, 0.25) is 0 Å². The molecular weight excluding hydrogens is 442 g/mol. The van der Waals surface area contributed by atoms with E-state index in [1.807, 2.05) is 0 Å². The van der Waals surface area contributed by atoms with Crippen molar-refractivity contribution in [1.29, 1.82) is 0 Å². The molecule has 33 heavy (non-hydrogen) atoms. The summed E-state index contributed by atoms with van der Waals surface area (Å²) in [6.45, 7) is 2.93. The molecule has 0 spiro atoms. The number of aromatic nitrogens is 2. The summed E-state index contributed by atoms with van der Waals surface area (Å²) in [5.74, 6) is 0.468. The molecule has 4 aliphatic rings. The van der Waals surface area contributed by atoms with E-state index in [0.717, 1.165) is 57.3 Å². The van der Waals surface area contributed by atoms with Crippen LogP contribution in [-0.4, -0.2) is 64.2 Å². The summed E-state index contributed by atoms with van der Waals surface area (Å²) in [6.07, 6.45) is 8.13. The van der Waals surface area contributed by atoms with Crippen molar-refractivity contribution in [2.75, 3.05) is 32.1 Å². The number of methoxy groups -OCH3 is 1. The Balaban J connectivity index is 1.13. The van der Waals surface area contributed by atoms with Crippen LogP contribution in [0.2, 0.25) is 0 Å². The quantitative estimate of drug-likeness (QED) is 0.645. The van der Waals surface area contributed by atoms with Gasteiger partial charge in [-0.2, -0.15) is 5.10 Å². The lowest BCUT2D eigenvalue weighted by molar-refractivity contribution is -0.0687. The van der Waals surface area contributed by atoms with Gasteiger partial charge in [0.1, 0.15) is 24.2 Å².